The molecule has 0 radical (unpaired) electrons. The molecule has 0 amide bonds. The van der Waals surface area contributed by atoms with Gasteiger partial charge in [-0.25, -0.2) is 8.42 Å². The quantitative estimate of drug-likeness (QED) is 0.510. The molecule has 0 saturated heterocycles. The van der Waals surface area contributed by atoms with Crippen LogP contribution < -0.4 is 0 Å². The Morgan fingerprint density at radius 1 is 0.696 bits per heavy atom. The van der Waals surface area contributed by atoms with Gasteiger partial charge < -0.3 is 0 Å². The number of alkyl halides is 2. The van der Waals surface area contributed by atoms with E-state index in [1.807, 2.05) is 24.3 Å². The van der Waals surface area contributed by atoms with Crippen LogP contribution in [0.15, 0.2) is 58.3 Å². The number of hydrogen-bond acceptors (Lipinski definition) is 2. The SMILES string of the molecule is O=S(=O)(c1ccccc1CCCBr)c1ccccc1CCCBr. The Hall–Kier alpha value is -0.650. The zero-order chi connectivity index (χ0) is 16.7. The number of benzene rings is 2. The smallest absolute Gasteiger partial charge is 0.207 e. The molecule has 0 unspecified atom stereocenters. The molecular weight excluding hydrogens is 440 g/mol. The lowest BCUT2D eigenvalue weighted by Crippen LogP contribution is -2.09. The number of rotatable bonds is 8. The molecule has 0 heterocycles. The molecule has 2 rings (SSSR count). The van der Waals surface area contributed by atoms with Gasteiger partial charge in [0.2, 0.25) is 9.84 Å². The minimum atomic E-state index is -3.49. The predicted octanol–water partition coefficient (Wildman–Crippen LogP) is 5.17. The summed E-state index contributed by atoms with van der Waals surface area (Å²) in [5.41, 5.74) is 1.78. The van der Waals surface area contributed by atoms with Crippen molar-refractivity contribution in [1.29, 1.82) is 0 Å². The molecule has 0 fully saturated rings. The van der Waals surface area contributed by atoms with Gasteiger partial charge in [-0.2, -0.15) is 0 Å². The van der Waals surface area contributed by atoms with Crippen molar-refractivity contribution < 1.29 is 8.42 Å². The van der Waals surface area contributed by atoms with E-state index in [0.717, 1.165) is 47.5 Å². The van der Waals surface area contributed by atoms with Gasteiger partial charge in [0.15, 0.2) is 0 Å². The third-order valence-electron chi connectivity index (χ3n) is 3.68. The van der Waals surface area contributed by atoms with Crippen LogP contribution in [0.5, 0.6) is 0 Å². The van der Waals surface area contributed by atoms with E-state index in [2.05, 4.69) is 31.9 Å². The van der Waals surface area contributed by atoms with Gasteiger partial charge in [0.25, 0.3) is 0 Å². The molecule has 0 aromatic heterocycles. The molecule has 23 heavy (non-hydrogen) atoms. The average Bonchev–Trinajstić information content (AvgIpc) is 2.58. The maximum Gasteiger partial charge on any atom is 0.207 e. The Morgan fingerprint density at radius 3 is 1.48 bits per heavy atom. The lowest BCUT2D eigenvalue weighted by Gasteiger charge is -2.13. The highest BCUT2D eigenvalue weighted by Gasteiger charge is 2.23. The van der Waals surface area contributed by atoms with Crippen molar-refractivity contribution in [3.63, 3.8) is 0 Å². The summed E-state index contributed by atoms with van der Waals surface area (Å²) >= 11 is 6.83. The standard InChI is InChI=1S/C18H20Br2O2S/c19-13-5-9-15-7-1-3-11-17(15)23(21,22)18-12-4-2-8-16(18)10-6-14-20/h1-4,7-8,11-12H,5-6,9-10,13-14H2. The van der Waals surface area contributed by atoms with Gasteiger partial charge in [-0.3, -0.25) is 0 Å². The van der Waals surface area contributed by atoms with Gasteiger partial charge in [0.05, 0.1) is 9.79 Å². The summed E-state index contributed by atoms with van der Waals surface area (Å²) < 4.78 is 26.4. The highest BCUT2D eigenvalue weighted by atomic mass is 79.9. The van der Waals surface area contributed by atoms with Crippen molar-refractivity contribution in [2.45, 2.75) is 35.5 Å². The second-order valence-corrected chi connectivity index (χ2v) is 8.78. The lowest BCUT2D eigenvalue weighted by molar-refractivity contribution is 0.593. The van der Waals surface area contributed by atoms with E-state index in [-0.39, 0.29) is 0 Å². The normalized spacial score (nSPS) is 11.6. The van der Waals surface area contributed by atoms with E-state index in [1.165, 1.54) is 0 Å². The van der Waals surface area contributed by atoms with Gasteiger partial charge >= 0.3 is 0 Å². The Labute approximate surface area is 155 Å². The summed E-state index contributed by atoms with van der Waals surface area (Å²) in [6, 6.07) is 14.7. The summed E-state index contributed by atoms with van der Waals surface area (Å²) in [4.78, 5) is 0.875. The first-order chi connectivity index (χ1) is 11.1. The summed E-state index contributed by atoms with van der Waals surface area (Å²) in [6.07, 6.45) is 3.34. The van der Waals surface area contributed by atoms with Crippen LogP contribution >= 0.6 is 31.9 Å². The van der Waals surface area contributed by atoms with Crippen LogP contribution in [0.2, 0.25) is 0 Å². The van der Waals surface area contributed by atoms with Crippen LogP contribution in [0.3, 0.4) is 0 Å². The van der Waals surface area contributed by atoms with Gasteiger partial charge in [0, 0.05) is 10.7 Å². The average molecular weight is 460 g/mol. The van der Waals surface area contributed by atoms with Crippen molar-refractivity contribution in [2.75, 3.05) is 10.7 Å². The molecule has 0 atom stereocenters. The first-order valence-corrected chi connectivity index (χ1v) is 11.4. The number of aryl methyl sites for hydroxylation is 2. The van der Waals surface area contributed by atoms with Crippen molar-refractivity contribution in [1.82, 2.24) is 0 Å². The molecule has 0 saturated carbocycles. The monoisotopic (exact) mass is 458 g/mol. The van der Waals surface area contributed by atoms with Crippen molar-refractivity contribution in [3.8, 4) is 0 Å². The molecule has 2 aromatic rings. The molecule has 2 aromatic carbocycles. The molecule has 0 aliphatic heterocycles. The third-order valence-corrected chi connectivity index (χ3v) is 6.76. The second kappa shape index (κ2) is 9.00. The molecule has 0 spiro atoms. The fraction of sp³-hybridized carbons (Fsp3) is 0.333. The van der Waals surface area contributed by atoms with E-state index in [9.17, 15) is 8.42 Å². The van der Waals surface area contributed by atoms with E-state index in [4.69, 9.17) is 0 Å². The van der Waals surface area contributed by atoms with E-state index < -0.39 is 9.84 Å². The molecule has 2 nitrogen and oxygen atoms in total. The molecule has 0 N–H and O–H groups in total. The lowest BCUT2D eigenvalue weighted by atomic mass is 10.1. The van der Waals surface area contributed by atoms with Crippen LogP contribution in [-0.4, -0.2) is 19.1 Å². The minimum absolute atomic E-state index is 0.437. The second-order valence-electron chi connectivity index (χ2n) is 5.30. The van der Waals surface area contributed by atoms with Gasteiger partial charge in [-0.05, 0) is 48.9 Å². The van der Waals surface area contributed by atoms with Crippen molar-refractivity contribution >= 4 is 41.7 Å². The van der Waals surface area contributed by atoms with E-state index in [0.29, 0.717) is 9.79 Å². The van der Waals surface area contributed by atoms with Gasteiger partial charge in [-0.1, -0.05) is 68.3 Å². The Balaban J connectivity index is 2.47. The molecule has 5 heteroatoms. The first kappa shape index (κ1) is 18.7. The van der Waals surface area contributed by atoms with Crippen LogP contribution in [0.1, 0.15) is 24.0 Å². The highest BCUT2D eigenvalue weighted by Crippen LogP contribution is 2.28. The summed E-state index contributed by atoms with van der Waals surface area (Å²) in [6.45, 7) is 0. The summed E-state index contributed by atoms with van der Waals surface area (Å²) in [5, 5.41) is 1.73. The van der Waals surface area contributed by atoms with Crippen LogP contribution in [0.25, 0.3) is 0 Å². The molecule has 0 bridgehead atoms. The number of hydrogen-bond donors (Lipinski definition) is 0. The topological polar surface area (TPSA) is 34.1 Å². The maximum absolute atomic E-state index is 13.2. The largest absolute Gasteiger partial charge is 0.218 e. The van der Waals surface area contributed by atoms with Crippen LogP contribution in [0.4, 0.5) is 0 Å². The Kier molecular flexibility index (Phi) is 7.31. The van der Waals surface area contributed by atoms with Gasteiger partial charge in [-0.15, -0.1) is 0 Å². The molecule has 124 valence electrons. The summed E-state index contributed by atoms with van der Waals surface area (Å²) in [5.74, 6) is 0. The minimum Gasteiger partial charge on any atom is -0.218 e. The number of halogens is 2. The Bertz CT molecular complexity index is 685. The zero-order valence-corrected chi connectivity index (χ0v) is 16.8. The van der Waals surface area contributed by atoms with E-state index in [1.54, 1.807) is 24.3 Å². The van der Waals surface area contributed by atoms with E-state index >= 15 is 0 Å². The molecule has 0 aliphatic carbocycles. The fourth-order valence-electron chi connectivity index (χ4n) is 2.58. The van der Waals surface area contributed by atoms with Crippen molar-refractivity contribution in [3.05, 3.63) is 59.7 Å². The highest BCUT2D eigenvalue weighted by molar-refractivity contribution is 9.09. The predicted molar refractivity (Wildman–Crippen MR) is 103 cm³/mol. The first-order valence-electron chi connectivity index (χ1n) is 7.64. The summed E-state index contributed by atoms with van der Waals surface area (Å²) in [7, 11) is -3.49. The van der Waals surface area contributed by atoms with Crippen LogP contribution in [0, 0.1) is 0 Å². The Morgan fingerprint density at radius 2 is 1.09 bits per heavy atom. The zero-order valence-electron chi connectivity index (χ0n) is 12.8. The maximum atomic E-state index is 13.2. The third kappa shape index (κ3) is 4.68. The molecule has 0 aliphatic rings. The fourth-order valence-corrected chi connectivity index (χ4v) is 4.92. The molecular formula is C18H20Br2O2S. The van der Waals surface area contributed by atoms with Crippen LogP contribution in [-0.2, 0) is 22.7 Å². The number of sulfone groups is 1. The van der Waals surface area contributed by atoms with Gasteiger partial charge in [0.1, 0.15) is 0 Å². The van der Waals surface area contributed by atoms with Crippen molar-refractivity contribution in [2.24, 2.45) is 0 Å².